The van der Waals surface area contributed by atoms with Gasteiger partial charge < -0.3 is 10.2 Å². The van der Waals surface area contributed by atoms with Crippen LogP contribution in [0.4, 0.5) is 0 Å². The second-order valence-electron chi connectivity index (χ2n) is 3.72. The molecule has 1 aliphatic rings. The van der Waals surface area contributed by atoms with Gasteiger partial charge in [-0.1, -0.05) is 6.92 Å². The number of carboxylic acid groups (broad SMARTS) is 1. The Hall–Kier alpha value is -0.620. The third-order valence-electron chi connectivity index (χ3n) is 2.84. The molecule has 0 aromatic carbocycles. The zero-order valence-electron chi connectivity index (χ0n) is 7.93. The summed E-state index contributed by atoms with van der Waals surface area (Å²) in [5.41, 5.74) is -1.19. The minimum atomic E-state index is -3.15. The monoisotopic (exact) mass is 222 g/mol. The number of aliphatic hydroxyl groups excluding tert-OH is 1. The first-order valence-electron chi connectivity index (χ1n) is 4.42. The van der Waals surface area contributed by atoms with Crippen molar-refractivity contribution in [3.8, 4) is 0 Å². The highest BCUT2D eigenvalue weighted by atomic mass is 32.2. The Kier molecular flexibility index (Phi) is 2.87. The quantitative estimate of drug-likeness (QED) is 0.654. The maximum atomic E-state index is 11.2. The molecule has 0 aliphatic heterocycles. The largest absolute Gasteiger partial charge is 0.481 e. The SMILES string of the molecule is CCS(=O)(=O)CC1CC1(CO)C(=O)O. The summed E-state index contributed by atoms with van der Waals surface area (Å²) in [6, 6.07) is 0. The smallest absolute Gasteiger partial charge is 0.312 e. The van der Waals surface area contributed by atoms with Gasteiger partial charge in [-0.25, -0.2) is 8.42 Å². The number of sulfone groups is 1. The van der Waals surface area contributed by atoms with Gasteiger partial charge in [0.15, 0.2) is 0 Å². The van der Waals surface area contributed by atoms with Gasteiger partial charge in [0, 0.05) is 5.75 Å². The van der Waals surface area contributed by atoms with E-state index in [1.54, 1.807) is 0 Å². The normalized spacial score (nSPS) is 31.4. The highest BCUT2D eigenvalue weighted by molar-refractivity contribution is 7.91. The van der Waals surface area contributed by atoms with E-state index in [-0.39, 0.29) is 17.9 Å². The summed E-state index contributed by atoms with van der Waals surface area (Å²) in [6.07, 6.45) is 0.262. The number of carboxylic acids is 1. The standard InChI is InChI=1S/C8H14O5S/c1-2-14(12,13)4-6-3-8(6,5-9)7(10)11/h6,9H,2-5H2,1H3,(H,10,11). The second kappa shape index (κ2) is 3.51. The van der Waals surface area contributed by atoms with Crippen molar-refractivity contribution in [1.29, 1.82) is 0 Å². The molecule has 0 heterocycles. The van der Waals surface area contributed by atoms with Crippen molar-refractivity contribution < 1.29 is 23.4 Å². The van der Waals surface area contributed by atoms with Crippen molar-refractivity contribution in [2.45, 2.75) is 13.3 Å². The number of hydrogen-bond donors (Lipinski definition) is 2. The van der Waals surface area contributed by atoms with E-state index in [1.165, 1.54) is 6.92 Å². The highest BCUT2D eigenvalue weighted by Crippen LogP contribution is 2.53. The summed E-state index contributed by atoms with van der Waals surface area (Å²) >= 11 is 0. The number of hydrogen-bond acceptors (Lipinski definition) is 4. The fourth-order valence-corrected chi connectivity index (χ4v) is 2.83. The Morgan fingerprint density at radius 3 is 2.43 bits per heavy atom. The van der Waals surface area contributed by atoms with Crippen LogP contribution in [0.25, 0.3) is 0 Å². The van der Waals surface area contributed by atoms with E-state index < -0.39 is 33.7 Å². The molecule has 0 aromatic heterocycles. The molecule has 0 radical (unpaired) electrons. The lowest BCUT2D eigenvalue weighted by Gasteiger charge is -2.07. The molecule has 14 heavy (non-hydrogen) atoms. The molecular formula is C8H14O5S. The van der Waals surface area contributed by atoms with Crippen LogP contribution in [-0.2, 0) is 14.6 Å². The average Bonchev–Trinajstić information content (AvgIpc) is 2.79. The molecule has 1 rings (SSSR count). The Morgan fingerprint density at radius 1 is 1.57 bits per heavy atom. The van der Waals surface area contributed by atoms with E-state index in [2.05, 4.69) is 0 Å². The summed E-state index contributed by atoms with van der Waals surface area (Å²) in [7, 11) is -3.15. The zero-order valence-corrected chi connectivity index (χ0v) is 8.75. The maximum Gasteiger partial charge on any atom is 0.312 e. The van der Waals surface area contributed by atoms with Gasteiger partial charge in [-0.05, 0) is 12.3 Å². The Balaban J connectivity index is 2.66. The summed E-state index contributed by atoms with van der Waals surface area (Å²) in [5, 5.41) is 17.7. The number of rotatable bonds is 5. The fraction of sp³-hybridized carbons (Fsp3) is 0.875. The lowest BCUT2D eigenvalue weighted by atomic mass is 10.1. The predicted octanol–water partition coefficient (Wildman–Crippen LogP) is -0.496. The van der Waals surface area contributed by atoms with Crippen molar-refractivity contribution >= 4 is 15.8 Å². The second-order valence-corrected chi connectivity index (χ2v) is 6.12. The Labute approximate surface area is 82.7 Å². The van der Waals surface area contributed by atoms with Gasteiger partial charge in [0.25, 0.3) is 0 Å². The van der Waals surface area contributed by atoms with Gasteiger partial charge in [0.05, 0.1) is 17.8 Å². The molecule has 6 heteroatoms. The molecule has 5 nitrogen and oxygen atoms in total. The van der Waals surface area contributed by atoms with Crippen LogP contribution in [0.2, 0.25) is 0 Å². The van der Waals surface area contributed by atoms with E-state index in [0.717, 1.165) is 0 Å². The first kappa shape index (κ1) is 11.5. The first-order chi connectivity index (χ1) is 6.38. The molecule has 1 fully saturated rings. The molecule has 0 spiro atoms. The van der Waals surface area contributed by atoms with Crippen molar-refractivity contribution in [3.05, 3.63) is 0 Å². The van der Waals surface area contributed by atoms with Crippen molar-refractivity contribution in [3.63, 3.8) is 0 Å². The molecule has 0 aromatic rings. The van der Waals surface area contributed by atoms with Gasteiger partial charge in [0.2, 0.25) is 0 Å². The summed E-state index contributed by atoms with van der Waals surface area (Å²) in [4.78, 5) is 10.7. The van der Waals surface area contributed by atoms with Crippen LogP contribution in [0, 0.1) is 11.3 Å². The van der Waals surface area contributed by atoms with Gasteiger partial charge in [-0.3, -0.25) is 4.79 Å². The van der Waals surface area contributed by atoms with Crippen LogP contribution >= 0.6 is 0 Å². The Bertz CT molecular complexity index is 334. The van der Waals surface area contributed by atoms with Crippen LogP contribution in [0.15, 0.2) is 0 Å². The van der Waals surface area contributed by atoms with E-state index in [9.17, 15) is 13.2 Å². The number of carbonyl (C=O) groups is 1. The summed E-state index contributed by atoms with van der Waals surface area (Å²) in [5.74, 6) is -1.63. The van der Waals surface area contributed by atoms with Crippen LogP contribution in [0.3, 0.4) is 0 Å². The number of aliphatic carboxylic acids is 1. The topological polar surface area (TPSA) is 91.7 Å². The van der Waals surface area contributed by atoms with E-state index >= 15 is 0 Å². The minimum absolute atomic E-state index is 0.0185. The average molecular weight is 222 g/mol. The number of aliphatic hydroxyl groups is 1. The van der Waals surface area contributed by atoms with Gasteiger partial charge >= 0.3 is 5.97 Å². The van der Waals surface area contributed by atoms with Crippen molar-refractivity contribution in [2.24, 2.45) is 11.3 Å². The molecule has 0 bridgehead atoms. The zero-order chi connectivity index (χ0) is 11.0. The molecule has 1 aliphatic carbocycles. The summed E-state index contributed by atoms with van der Waals surface area (Å²) < 4.78 is 22.4. The molecular weight excluding hydrogens is 208 g/mol. The van der Waals surface area contributed by atoms with E-state index in [1.807, 2.05) is 0 Å². The van der Waals surface area contributed by atoms with Crippen molar-refractivity contribution in [2.75, 3.05) is 18.1 Å². The lowest BCUT2D eigenvalue weighted by Crippen LogP contribution is -2.25. The third kappa shape index (κ3) is 1.90. The lowest BCUT2D eigenvalue weighted by molar-refractivity contribution is -0.145. The van der Waals surface area contributed by atoms with Gasteiger partial charge in [-0.2, -0.15) is 0 Å². The first-order valence-corrected chi connectivity index (χ1v) is 6.25. The molecule has 2 unspecified atom stereocenters. The van der Waals surface area contributed by atoms with Gasteiger partial charge in [-0.15, -0.1) is 0 Å². The molecule has 0 saturated heterocycles. The predicted molar refractivity (Wildman–Crippen MR) is 49.6 cm³/mol. The molecule has 0 amide bonds. The minimum Gasteiger partial charge on any atom is -0.481 e. The molecule has 1 saturated carbocycles. The van der Waals surface area contributed by atoms with E-state index in [0.29, 0.717) is 0 Å². The molecule has 82 valence electrons. The Morgan fingerprint density at radius 2 is 2.14 bits per heavy atom. The molecule has 2 N–H and O–H groups in total. The van der Waals surface area contributed by atoms with Crippen LogP contribution in [0.1, 0.15) is 13.3 Å². The van der Waals surface area contributed by atoms with Crippen LogP contribution in [0.5, 0.6) is 0 Å². The molecule has 2 atom stereocenters. The van der Waals surface area contributed by atoms with Crippen LogP contribution < -0.4 is 0 Å². The third-order valence-corrected chi connectivity index (χ3v) is 4.62. The van der Waals surface area contributed by atoms with E-state index in [4.69, 9.17) is 10.2 Å². The van der Waals surface area contributed by atoms with Gasteiger partial charge in [0.1, 0.15) is 9.84 Å². The van der Waals surface area contributed by atoms with Crippen LogP contribution in [-0.4, -0.2) is 42.7 Å². The summed E-state index contributed by atoms with van der Waals surface area (Å²) in [6.45, 7) is 1.05. The maximum absolute atomic E-state index is 11.2. The van der Waals surface area contributed by atoms with Crippen molar-refractivity contribution in [1.82, 2.24) is 0 Å². The highest BCUT2D eigenvalue weighted by Gasteiger charge is 2.61. The fourth-order valence-electron chi connectivity index (χ4n) is 1.55.